The van der Waals surface area contributed by atoms with Gasteiger partial charge in [-0.25, -0.2) is 0 Å². The van der Waals surface area contributed by atoms with Crippen molar-refractivity contribution in [1.29, 1.82) is 0 Å². The molecule has 0 radical (unpaired) electrons. The summed E-state index contributed by atoms with van der Waals surface area (Å²) < 4.78 is 1.98. The van der Waals surface area contributed by atoms with Gasteiger partial charge in [0.15, 0.2) is 5.78 Å². The van der Waals surface area contributed by atoms with E-state index < -0.39 is 0 Å². The maximum Gasteiger partial charge on any atom is 0.180 e. The van der Waals surface area contributed by atoms with Gasteiger partial charge in [-0.2, -0.15) is 0 Å². The van der Waals surface area contributed by atoms with Gasteiger partial charge < -0.3 is 4.57 Å². The van der Waals surface area contributed by atoms with Crippen molar-refractivity contribution in [1.82, 2.24) is 9.88 Å². The largest absolute Gasteiger partial charge is 0.329 e. The molecule has 1 aliphatic heterocycles. The highest BCUT2D eigenvalue weighted by atomic mass is 16.1. The SMILES string of the molecule is CC1NCCC(=O)c2cccn21. The molecule has 1 aliphatic rings. The van der Waals surface area contributed by atoms with E-state index in [0.717, 1.165) is 12.2 Å². The van der Waals surface area contributed by atoms with E-state index in [1.807, 2.05) is 22.9 Å². The third kappa shape index (κ3) is 1.06. The third-order valence-electron chi connectivity index (χ3n) is 2.27. The molecule has 0 amide bonds. The summed E-state index contributed by atoms with van der Waals surface area (Å²) >= 11 is 0. The Morgan fingerprint density at radius 1 is 1.67 bits per heavy atom. The fraction of sp³-hybridized carbons (Fsp3) is 0.444. The molecule has 2 heterocycles. The van der Waals surface area contributed by atoms with Crippen molar-refractivity contribution in [2.24, 2.45) is 0 Å². The van der Waals surface area contributed by atoms with Crippen LogP contribution in [0.4, 0.5) is 0 Å². The minimum absolute atomic E-state index is 0.233. The summed E-state index contributed by atoms with van der Waals surface area (Å²) in [7, 11) is 0. The first-order valence-corrected chi connectivity index (χ1v) is 4.22. The zero-order valence-electron chi connectivity index (χ0n) is 7.08. The highest BCUT2D eigenvalue weighted by Gasteiger charge is 2.17. The first kappa shape index (κ1) is 7.55. The summed E-state index contributed by atoms with van der Waals surface area (Å²) in [6, 6.07) is 3.79. The van der Waals surface area contributed by atoms with Crippen molar-refractivity contribution in [3.63, 3.8) is 0 Å². The number of hydrogen-bond donors (Lipinski definition) is 1. The molecule has 64 valence electrons. The van der Waals surface area contributed by atoms with Gasteiger partial charge in [-0.3, -0.25) is 10.1 Å². The number of hydrogen-bond acceptors (Lipinski definition) is 2. The Morgan fingerprint density at radius 3 is 3.33 bits per heavy atom. The number of carbonyl (C=O) groups is 1. The number of rotatable bonds is 0. The van der Waals surface area contributed by atoms with Crippen molar-refractivity contribution in [2.75, 3.05) is 6.54 Å². The van der Waals surface area contributed by atoms with E-state index in [-0.39, 0.29) is 11.9 Å². The smallest absolute Gasteiger partial charge is 0.180 e. The van der Waals surface area contributed by atoms with Crippen molar-refractivity contribution in [3.8, 4) is 0 Å². The van der Waals surface area contributed by atoms with Crippen molar-refractivity contribution >= 4 is 5.78 Å². The van der Waals surface area contributed by atoms with Crippen LogP contribution in [0.3, 0.4) is 0 Å². The van der Waals surface area contributed by atoms with Crippen LogP contribution in [-0.2, 0) is 0 Å². The third-order valence-corrected chi connectivity index (χ3v) is 2.27. The zero-order chi connectivity index (χ0) is 8.55. The van der Waals surface area contributed by atoms with E-state index in [2.05, 4.69) is 12.2 Å². The Balaban J connectivity index is 2.45. The van der Waals surface area contributed by atoms with Crippen LogP contribution in [-0.4, -0.2) is 16.9 Å². The average Bonchev–Trinajstić information content (AvgIpc) is 2.47. The molecular weight excluding hydrogens is 152 g/mol. The van der Waals surface area contributed by atoms with Gasteiger partial charge in [0.25, 0.3) is 0 Å². The number of aromatic nitrogens is 1. The van der Waals surface area contributed by atoms with Crippen LogP contribution < -0.4 is 5.32 Å². The molecule has 0 saturated carbocycles. The molecule has 1 aromatic heterocycles. The predicted octanol–water partition coefficient (Wildman–Crippen LogP) is 1.18. The molecular formula is C9H12N2O. The minimum atomic E-state index is 0.233. The monoisotopic (exact) mass is 164 g/mol. The second kappa shape index (κ2) is 2.75. The molecule has 0 saturated heterocycles. The van der Waals surface area contributed by atoms with Gasteiger partial charge >= 0.3 is 0 Å². The maximum atomic E-state index is 11.5. The van der Waals surface area contributed by atoms with Gasteiger partial charge in [0, 0.05) is 19.2 Å². The standard InChI is InChI=1S/C9H12N2O/c1-7-10-5-4-9(12)8-3-2-6-11(7)8/h2-3,6-7,10H,4-5H2,1H3. The van der Waals surface area contributed by atoms with Crippen LogP contribution >= 0.6 is 0 Å². The fourth-order valence-corrected chi connectivity index (χ4v) is 1.59. The van der Waals surface area contributed by atoms with Crippen LogP contribution in [0, 0.1) is 0 Å². The quantitative estimate of drug-likeness (QED) is 0.624. The van der Waals surface area contributed by atoms with Crippen LogP contribution in [0.1, 0.15) is 30.0 Å². The van der Waals surface area contributed by atoms with Gasteiger partial charge in [0.2, 0.25) is 0 Å². The summed E-state index contributed by atoms with van der Waals surface area (Å²) in [5.74, 6) is 0.233. The molecule has 0 bridgehead atoms. The second-order valence-corrected chi connectivity index (χ2v) is 3.10. The highest BCUT2D eigenvalue weighted by molar-refractivity contribution is 5.95. The molecule has 12 heavy (non-hydrogen) atoms. The first-order chi connectivity index (χ1) is 5.79. The van der Waals surface area contributed by atoms with Crippen LogP contribution in [0.5, 0.6) is 0 Å². The first-order valence-electron chi connectivity index (χ1n) is 4.22. The summed E-state index contributed by atoms with van der Waals surface area (Å²) in [5, 5.41) is 3.26. The summed E-state index contributed by atoms with van der Waals surface area (Å²) in [6.07, 6.45) is 2.78. The van der Waals surface area contributed by atoms with Crippen LogP contribution in [0.15, 0.2) is 18.3 Å². The molecule has 3 heteroatoms. The van der Waals surface area contributed by atoms with Crippen LogP contribution in [0.25, 0.3) is 0 Å². The second-order valence-electron chi connectivity index (χ2n) is 3.10. The molecule has 3 nitrogen and oxygen atoms in total. The van der Waals surface area contributed by atoms with E-state index in [1.54, 1.807) is 0 Å². The lowest BCUT2D eigenvalue weighted by Crippen LogP contribution is -2.22. The molecule has 0 aromatic carbocycles. The Bertz CT molecular complexity index is 303. The number of ketones is 1. The number of carbonyl (C=O) groups excluding carboxylic acids is 1. The Kier molecular flexibility index (Phi) is 1.73. The Labute approximate surface area is 71.4 Å². The van der Waals surface area contributed by atoms with Crippen molar-refractivity contribution < 1.29 is 4.79 Å². The fourth-order valence-electron chi connectivity index (χ4n) is 1.59. The van der Waals surface area contributed by atoms with Crippen molar-refractivity contribution in [3.05, 3.63) is 24.0 Å². The molecule has 0 spiro atoms. The number of nitrogens with one attached hydrogen (secondary N) is 1. The summed E-state index contributed by atoms with van der Waals surface area (Å²) in [4.78, 5) is 11.5. The van der Waals surface area contributed by atoms with Gasteiger partial charge in [0.05, 0.1) is 11.9 Å². The maximum absolute atomic E-state index is 11.5. The molecule has 1 atom stereocenters. The summed E-state index contributed by atoms with van der Waals surface area (Å²) in [5.41, 5.74) is 0.826. The molecule has 0 aliphatic carbocycles. The lowest BCUT2D eigenvalue weighted by molar-refractivity contribution is 0.0980. The minimum Gasteiger partial charge on any atom is -0.329 e. The molecule has 1 N–H and O–H groups in total. The van der Waals surface area contributed by atoms with Gasteiger partial charge in [-0.15, -0.1) is 0 Å². The van der Waals surface area contributed by atoms with Gasteiger partial charge in [0.1, 0.15) is 0 Å². The average molecular weight is 164 g/mol. The van der Waals surface area contributed by atoms with E-state index in [0.29, 0.717) is 6.42 Å². The topological polar surface area (TPSA) is 34.0 Å². The molecule has 2 rings (SSSR count). The molecule has 0 fully saturated rings. The highest BCUT2D eigenvalue weighted by Crippen LogP contribution is 2.14. The van der Waals surface area contributed by atoms with Gasteiger partial charge in [-0.05, 0) is 19.1 Å². The normalized spacial score (nSPS) is 23.4. The van der Waals surface area contributed by atoms with E-state index in [1.165, 1.54) is 0 Å². The number of nitrogens with zero attached hydrogens (tertiary/aromatic N) is 1. The number of Topliss-reactive ketones (excluding diaryl/α,β-unsaturated/α-hetero) is 1. The Hall–Kier alpha value is -1.09. The molecule has 1 unspecified atom stereocenters. The van der Waals surface area contributed by atoms with Crippen molar-refractivity contribution in [2.45, 2.75) is 19.5 Å². The lowest BCUT2D eigenvalue weighted by atomic mass is 10.2. The lowest BCUT2D eigenvalue weighted by Gasteiger charge is -2.13. The summed E-state index contributed by atoms with van der Waals surface area (Å²) in [6.45, 7) is 2.84. The number of fused-ring (bicyclic) bond motifs is 1. The van der Waals surface area contributed by atoms with E-state index in [9.17, 15) is 4.79 Å². The van der Waals surface area contributed by atoms with Gasteiger partial charge in [-0.1, -0.05) is 0 Å². The predicted molar refractivity (Wildman–Crippen MR) is 46.1 cm³/mol. The molecule has 1 aromatic rings. The van der Waals surface area contributed by atoms with E-state index in [4.69, 9.17) is 0 Å². The van der Waals surface area contributed by atoms with E-state index >= 15 is 0 Å². The zero-order valence-corrected chi connectivity index (χ0v) is 7.08. The Morgan fingerprint density at radius 2 is 2.50 bits per heavy atom. The van der Waals surface area contributed by atoms with Crippen LogP contribution in [0.2, 0.25) is 0 Å².